The van der Waals surface area contributed by atoms with Crippen LogP contribution in [0.2, 0.25) is 0 Å². The SMILES string of the molecule is CC(C)(C)c1ccc(N(c2cccc(-c3cccc(-c4ccccc4)c3)c2)c2ccc3ccc4c(-n5c6ccc(C(C)(C)C)cc6c6cc(C(C)(C)C)ccc65)ccc5ccc2c3c54)cc1. The number of hydrogen-bond donors (Lipinski definition) is 0. The second-order valence-corrected chi connectivity index (χ2v) is 21.5. The topological polar surface area (TPSA) is 8.17 Å². The minimum absolute atomic E-state index is 0.0340. The summed E-state index contributed by atoms with van der Waals surface area (Å²) in [6.07, 6.45) is 0. The number of nitrogens with zero attached hydrogens (tertiary/aromatic N) is 2. The van der Waals surface area contributed by atoms with Crippen LogP contribution in [0, 0.1) is 0 Å². The standard InChI is InChI=1S/C64H58N2/c1-62(2,3)47-25-29-50(30-26-47)65(51-20-14-19-46(38-51)45-18-13-17-44(37-45)41-15-11-10-12-16-41)56-33-23-42-22-32-53-57(34-24-43-21-31-52(56)60(42)61(43)53)66-58-35-27-48(63(4,5)6)39-54(58)55-40-49(64(7,8)9)28-36-59(55)66/h10-40H,1-9H3. The zero-order valence-electron chi connectivity index (χ0n) is 39.8. The quantitative estimate of drug-likeness (QED) is 0.151. The molecule has 0 aliphatic heterocycles. The summed E-state index contributed by atoms with van der Waals surface area (Å²) >= 11 is 0. The molecule has 0 spiro atoms. The summed E-state index contributed by atoms with van der Waals surface area (Å²) in [4.78, 5) is 2.47. The van der Waals surface area contributed by atoms with Gasteiger partial charge in [-0.3, -0.25) is 0 Å². The largest absolute Gasteiger partial charge is 0.310 e. The van der Waals surface area contributed by atoms with Gasteiger partial charge in [0.25, 0.3) is 0 Å². The number of rotatable bonds is 6. The van der Waals surface area contributed by atoms with Crippen molar-refractivity contribution in [3.8, 4) is 27.9 Å². The molecule has 1 aromatic heterocycles. The molecule has 0 saturated carbocycles. The van der Waals surface area contributed by atoms with Crippen molar-refractivity contribution in [1.29, 1.82) is 0 Å². The first kappa shape index (κ1) is 41.5. The molecule has 0 fully saturated rings. The van der Waals surface area contributed by atoms with Gasteiger partial charge in [-0.15, -0.1) is 0 Å². The van der Waals surface area contributed by atoms with Gasteiger partial charge in [0.2, 0.25) is 0 Å². The van der Waals surface area contributed by atoms with Crippen molar-refractivity contribution in [2.24, 2.45) is 0 Å². The van der Waals surface area contributed by atoms with Gasteiger partial charge in [0.1, 0.15) is 0 Å². The third-order valence-corrected chi connectivity index (χ3v) is 14.0. The summed E-state index contributed by atoms with van der Waals surface area (Å²) in [7, 11) is 0. The van der Waals surface area contributed by atoms with E-state index in [-0.39, 0.29) is 16.2 Å². The van der Waals surface area contributed by atoms with Crippen LogP contribution >= 0.6 is 0 Å². The van der Waals surface area contributed by atoms with Gasteiger partial charge in [0.05, 0.1) is 22.4 Å². The summed E-state index contributed by atoms with van der Waals surface area (Å²) in [6.45, 7) is 20.7. The number of aromatic nitrogens is 1. The normalized spacial score (nSPS) is 12.6. The average molecular weight is 855 g/mol. The Kier molecular flexibility index (Phi) is 9.57. The van der Waals surface area contributed by atoms with E-state index in [1.807, 2.05) is 0 Å². The first-order chi connectivity index (χ1) is 31.6. The lowest BCUT2D eigenvalue weighted by atomic mass is 9.85. The highest BCUT2D eigenvalue weighted by molar-refractivity contribution is 6.27. The van der Waals surface area contributed by atoms with Crippen LogP contribution in [0.1, 0.15) is 79.0 Å². The first-order valence-electron chi connectivity index (χ1n) is 23.6. The Balaban J connectivity index is 1.13. The number of fused-ring (bicyclic) bond motifs is 3. The van der Waals surface area contributed by atoms with Gasteiger partial charge in [0, 0.05) is 32.9 Å². The second kappa shape index (κ2) is 15.2. The molecule has 0 aliphatic carbocycles. The predicted molar refractivity (Wildman–Crippen MR) is 286 cm³/mol. The summed E-state index contributed by atoms with van der Waals surface area (Å²) in [5.74, 6) is 0. The summed E-state index contributed by atoms with van der Waals surface area (Å²) in [5, 5.41) is 10.2. The van der Waals surface area contributed by atoms with Crippen molar-refractivity contribution in [2.45, 2.75) is 78.6 Å². The molecule has 0 aliphatic rings. The van der Waals surface area contributed by atoms with Gasteiger partial charge in [-0.1, -0.05) is 184 Å². The number of hydrogen-bond acceptors (Lipinski definition) is 1. The summed E-state index contributed by atoms with van der Waals surface area (Å²) in [6, 6.07) is 70.9. The number of benzene rings is 10. The lowest BCUT2D eigenvalue weighted by Gasteiger charge is -2.29. The van der Waals surface area contributed by atoms with E-state index in [1.54, 1.807) is 0 Å². The molecule has 11 aromatic rings. The van der Waals surface area contributed by atoms with Crippen LogP contribution in [0.3, 0.4) is 0 Å². The minimum Gasteiger partial charge on any atom is -0.310 e. The van der Waals surface area contributed by atoms with Crippen LogP contribution in [-0.2, 0) is 16.2 Å². The van der Waals surface area contributed by atoms with E-state index in [0.717, 1.165) is 17.1 Å². The molecule has 0 saturated heterocycles. The highest BCUT2D eigenvalue weighted by Crippen LogP contribution is 2.47. The van der Waals surface area contributed by atoms with Crippen LogP contribution in [0.15, 0.2) is 188 Å². The van der Waals surface area contributed by atoms with E-state index >= 15 is 0 Å². The Morgan fingerprint density at radius 2 is 0.818 bits per heavy atom. The van der Waals surface area contributed by atoms with Crippen molar-refractivity contribution in [3.63, 3.8) is 0 Å². The first-order valence-corrected chi connectivity index (χ1v) is 23.6. The fraction of sp³-hybridized carbons (Fsp3) is 0.188. The van der Waals surface area contributed by atoms with E-state index in [4.69, 9.17) is 0 Å². The molecule has 11 rings (SSSR count). The lowest BCUT2D eigenvalue weighted by Crippen LogP contribution is -2.13. The van der Waals surface area contributed by atoms with E-state index in [9.17, 15) is 0 Å². The molecule has 0 radical (unpaired) electrons. The van der Waals surface area contributed by atoms with Gasteiger partial charge < -0.3 is 9.47 Å². The lowest BCUT2D eigenvalue weighted by molar-refractivity contribution is 0.590. The minimum atomic E-state index is 0.0340. The van der Waals surface area contributed by atoms with Crippen molar-refractivity contribution < 1.29 is 0 Å². The van der Waals surface area contributed by atoms with E-state index in [0.29, 0.717) is 0 Å². The van der Waals surface area contributed by atoms with Crippen LogP contribution in [-0.4, -0.2) is 4.57 Å². The zero-order valence-corrected chi connectivity index (χ0v) is 39.8. The molecular weight excluding hydrogens is 797 g/mol. The van der Waals surface area contributed by atoms with Gasteiger partial charge in [0.15, 0.2) is 0 Å². The molecule has 0 bridgehead atoms. The fourth-order valence-corrected chi connectivity index (χ4v) is 10.2. The Hall–Kier alpha value is -7.16. The Morgan fingerprint density at radius 1 is 0.333 bits per heavy atom. The van der Waals surface area contributed by atoms with E-state index in [2.05, 4.69) is 260 Å². The molecule has 0 atom stereocenters. The molecule has 2 nitrogen and oxygen atoms in total. The Morgan fingerprint density at radius 3 is 1.42 bits per heavy atom. The number of anilines is 3. The van der Waals surface area contributed by atoms with Crippen LogP contribution < -0.4 is 4.90 Å². The van der Waals surface area contributed by atoms with E-state index < -0.39 is 0 Å². The van der Waals surface area contributed by atoms with Gasteiger partial charge >= 0.3 is 0 Å². The smallest absolute Gasteiger partial charge is 0.0541 e. The van der Waals surface area contributed by atoms with Gasteiger partial charge in [-0.2, -0.15) is 0 Å². The maximum atomic E-state index is 2.53. The molecule has 0 amide bonds. The fourth-order valence-electron chi connectivity index (χ4n) is 10.2. The third kappa shape index (κ3) is 7.02. The molecular formula is C64H58N2. The third-order valence-electron chi connectivity index (χ3n) is 14.0. The highest BCUT2D eigenvalue weighted by Gasteiger charge is 2.24. The summed E-state index contributed by atoms with van der Waals surface area (Å²) in [5.41, 5.74) is 16.0. The van der Waals surface area contributed by atoms with Crippen molar-refractivity contribution in [1.82, 2.24) is 4.57 Å². The average Bonchev–Trinajstić information content (AvgIpc) is 3.64. The van der Waals surface area contributed by atoms with Crippen molar-refractivity contribution in [2.75, 3.05) is 4.90 Å². The van der Waals surface area contributed by atoms with Crippen LogP contribution in [0.25, 0.3) is 82.1 Å². The van der Waals surface area contributed by atoms with Crippen molar-refractivity contribution >= 4 is 71.2 Å². The highest BCUT2D eigenvalue weighted by atomic mass is 15.1. The van der Waals surface area contributed by atoms with Gasteiger partial charge in [-0.25, -0.2) is 0 Å². The molecule has 0 unspecified atom stereocenters. The van der Waals surface area contributed by atoms with Crippen molar-refractivity contribution in [3.05, 3.63) is 205 Å². The Labute approximate surface area is 390 Å². The summed E-state index contributed by atoms with van der Waals surface area (Å²) < 4.78 is 2.53. The zero-order chi connectivity index (χ0) is 45.7. The molecule has 1 heterocycles. The predicted octanol–water partition coefficient (Wildman–Crippen LogP) is 18.4. The Bertz CT molecular complexity index is 3550. The molecule has 66 heavy (non-hydrogen) atoms. The molecule has 2 heteroatoms. The van der Waals surface area contributed by atoms with Gasteiger partial charge in [-0.05, 0) is 143 Å². The maximum absolute atomic E-state index is 2.53. The molecule has 324 valence electrons. The monoisotopic (exact) mass is 854 g/mol. The molecule has 10 aromatic carbocycles. The van der Waals surface area contributed by atoms with Crippen LogP contribution in [0.4, 0.5) is 17.1 Å². The molecule has 0 N–H and O–H groups in total. The van der Waals surface area contributed by atoms with Crippen LogP contribution in [0.5, 0.6) is 0 Å². The van der Waals surface area contributed by atoms with E-state index in [1.165, 1.54) is 98.8 Å². The maximum Gasteiger partial charge on any atom is 0.0541 e. The second-order valence-electron chi connectivity index (χ2n) is 21.5.